The predicted octanol–water partition coefficient (Wildman–Crippen LogP) is 4.36. The Morgan fingerprint density at radius 1 is 0.773 bits per heavy atom. The van der Waals surface area contributed by atoms with Crippen LogP contribution in [0.4, 0.5) is 11.4 Å². The molecule has 3 aromatic rings. The minimum Gasteiger partial charge on any atom is -0.359 e. The lowest BCUT2D eigenvalue weighted by atomic mass is 10.0. The maximum Gasteiger partial charge on any atom is 0.0476 e. The van der Waals surface area contributed by atoms with E-state index in [1.54, 1.807) is 0 Å². The molecule has 2 nitrogen and oxygen atoms in total. The van der Waals surface area contributed by atoms with Gasteiger partial charge in [-0.3, -0.25) is 0 Å². The molecule has 0 unspecified atom stereocenters. The van der Waals surface area contributed by atoms with Crippen LogP contribution in [0, 0.1) is 12.0 Å². The summed E-state index contributed by atoms with van der Waals surface area (Å²) in [5.74, 6) is 2.90. The van der Waals surface area contributed by atoms with Crippen LogP contribution >= 0.6 is 0 Å². The molecule has 0 radical (unpaired) electrons. The first kappa shape index (κ1) is 13.8. The zero-order valence-corrected chi connectivity index (χ0v) is 12.1. The second-order valence-electron chi connectivity index (χ2n) is 4.89. The summed E-state index contributed by atoms with van der Waals surface area (Å²) in [6.07, 6.45) is 0. The fourth-order valence-corrected chi connectivity index (χ4v) is 2.36. The maximum atomic E-state index is 5.33. The van der Waals surface area contributed by atoms with Gasteiger partial charge in [0.05, 0.1) is 0 Å². The molecule has 0 aliphatic rings. The third-order valence-corrected chi connectivity index (χ3v) is 3.37. The topological polar surface area (TPSA) is 38.0 Å². The molecule has 3 aromatic carbocycles. The lowest BCUT2D eigenvalue weighted by molar-refractivity contribution is 1.52. The Labute approximate surface area is 130 Å². The standard InChI is InChI=1S/C20H16N2/c21-14-13-16-11-12-19(17-7-3-1-4-8-17)20(15-16)22-18-9-5-2-6-10-18/h1-12,15,22H,21H2. The molecule has 0 aliphatic heterocycles. The summed E-state index contributed by atoms with van der Waals surface area (Å²) in [5.41, 5.74) is 10.6. The highest BCUT2D eigenvalue weighted by atomic mass is 14.9. The Kier molecular flexibility index (Phi) is 4.08. The summed E-state index contributed by atoms with van der Waals surface area (Å²) >= 11 is 0. The molecule has 0 saturated heterocycles. The van der Waals surface area contributed by atoms with Crippen LogP contribution in [0.1, 0.15) is 5.56 Å². The van der Waals surface area contributed by atoms with E-state index < -0.39 is 0 Å². The number of hydrogen-bond acceptors (Lipinski definition) is 2. The number of nitrogens with one attached hydrogen (secondary N) is 1. The Morgan fingerprint density at radius 3 is 2.14 bits per heavy atom. The molecule has 22 heavy (non-hydrogen) atoms. The number of anilines is 2. The van der Waals surface area contributed by atoms with E-state index in [1.807, 2.05) is 60.7 Å². The molecule has 0 fully saturated rings. The van der Waals surface area contributed by atoms with Crippen LogP contribution in [-0.4, -0.2) is 0 Å². The average Bonchev–Trinajstić information content (AvgIpc) is 2.57. The number of benzene rings is 3. The second-order valence-corrected chi connectivity index (χ2v) is 4.89. The van der Waals surface area contributed by atoms with E-state index in [1.165, 1.54) is 0 Å². The van der Waals surface area contributed by atoms with Crippen LogP contribution in [0.2, 0.25) is 0 Å². The summed E-state index contributed by atoms with van der Waals surface area (Å²) in [6.45, 7) is 0. The largest absolute Gasteiger partial charge is 0.359 e. The van der Waals surface area contributed by atoms with Crippen molar-refractivity contribution in [1.29, 1.82) is 0 Å². The van der Waals surface area contributed by atoms with Gasteiger partial charge in [0, 0.05) is 28.5 Å². The Balaban J connectivity index is 2.07. The normalized spacial score (nSPS) is 9.64. The van der Waals surface area contributed by atoms with Gasteiger partial charge in [0.2, 0.25) is 0 Å². The molecule has 0 heterocycles. The number of hydrogen-bond donors (Lipinski definition) is 2. The van der Waals surface area contributed by atoms with Gasteiger partial charge >= 0.3 is 0 Å². The molecule has 0 aliphatic carbocycles. The van der Waals surface area contributed by atoms with Gasteiger partial charge in [-0.25, -0.2) is 0 Å². The third kappa shape index (κ3) is 3.11. The fourth-order valence-electron chi connectivity index (χ4n) is 2.36. The van der Waals surface area contributed by atoms with Crippen molar-refractivity contribution in [1.82, 2.24) is 0 Å². The molecule has 2 heteroatoms. The first-order valence-electron chi connectivity index (χ1n) is 7.10. The third-order valence-electron chi connectivity index (χ3n) is 3.37. The zero-order chi connectivity index (χ0) is 15.2. The van der Waals surface area contributed by atoms with E-state index in [0.29, 0.717) is 0 Å². The number of nitrogens with two attached hydrogens (primary N) is 1. The molecular formula is C20H16N2. The lowest BCUT2D eigenvalue weighted by Gasteiger charge is -2.13. The Hall–Kier alpha value is -3.18. The summed E-state index contributed by atoms with van der Waals surface area (Å²) in [7, 11) is 0. The maximum absolute atomic E-state index is 5.33. The molecular weight excluding hydrogens is 268 g/mol. The second kappa shape index (κ2) is 6.51. The minimum atomic E-state index is 0.889. The predicted molar refractivity (Wildman–Crippen MR) is 92.7 cm³/mol. The van der Waals surface area contributed by atoms with Crippen LogP contribution in [0.3, 0.4) is 0 Å². The van der Waals surface area contributed by atoms with E-state index in [0.717, 1.165) is 28.1 Å². The van der Waals surface area contributed by atoms with Crippen LogP contribution < -0.4 is 11.1 Å². The van der Waals surface area contributed by atoms with Crippen molar-refractivity contribution in [2.75, 3.05) is 5.32 Å². The molecule has 106 valence electrons. The van der Waals surface area contributed by atoms with Crippen LogP contribution in [0.25, 0.3) is 11.1 Å². The van der Waals surface area contributed by atoms with Gasteiger partial charge in [0.25, 0.3) is 0 Å². The summed E-state index contributed by atoms with van der Waals surface area (Å²) in [4.78, 5) is 0. The lowest BCUT2D eigenvalue weighted by Crippen LogP contribution is -1.94. The van der Waals surface area contributed by atoms with Crippen molar-refractivity contribution in [2.24, 2.45) is 5.73 Å². The van der Waals surface area contributed by atoms with Crippen molar-refractivity contribution in [3.05, 3.63) is 84.4 Å². The monoisotopic (exact) mass is 284 g/mol. The van der Waals surface area contributed by atoms with E-state index >= 15 is 0 Å². The molecule has 0 atom stereocenters. The van der Waals surface area contributed by atoms with E-state index in [2.05, 4.69) is 35.5 Å². The molecule has 0 aromatic heterocycles. The van der Waals surface area contributed by atoms with E-state index in [9.17, 15) is 0 Å². The number of para-hydroxylation sites is 1. The molecule has 3 N–H and O–H groups in total. The van der Waals surface area contributed by atoms with Gasteiger partial charge in [0.1, 0.15) is 0 Å². The summed E-state index contributed by atoms with van der Waals surface area (Å²) in [6, 6.07) is 28.9. The SMILES string of the molecule is NC#Cc1ccc(-c2ccccc2)c(Nc2ccccc2)c1. The quantitative estimate of drug-likeness (QED) is 0.554. The zero-order valence-electron chi connectivity index (χ0n) is 12.1. The van der Waals surface area contributed by atoms with Gasteiger partial charge in [0.15, 0.2) is 0 Å². The van der Waals surface area contributed by atoms with Crippen molar-refractivity contribution in [3.63, 3.8) is 0 Å². The van der Waals surface area contributed by atoms with E-state index in [4.69, 9.17) is 5.73 Å². The van der Waals surface area contributed by atoms with Gasteiger partial charge in [-0.15, -0.1) is 0 Å². The Bertz CT molecular complexity index is 813. The van der Waals surface area contributed by atoms with Crippen molar-refractivity contribution in [3.8, 4) is 23.1 Å². The fraction of sp³-hybridized carbons (Fsp3) is 0. The highest BCUT2D eigenvalue weighted by Gasteiger charge is 2.06. The van der Waals surface area contributed by atoms with Gasteiger partial charge in [-0.05, 0) is 35.7 Å². The van der Waals surface area contributed by atoms with Crippen molar-refractivity contribution >= 4 is 11.4 Å². The summed E-state index contributed by atoms with van der Waals surface area (Å²) < 4.78 is 0. The highest BCUT2D eigenvalue weighted by Crippen LogP contribution is 2.31. The molecule has 0 amide bonds. The first-order chi connectivity index (χ1) is 10.9. The average molecular weight is 284 g/mol. The summed E-state index contributed by atoms with van der Waals surface area (Å²) in [5, 5.41) is 3.46. The molecule has 0 spiro atoms. The molecule has 3 rings (SSSR count). The van der Waals surface area contributed by atoms with Crippen molar-refractivity contribution in [2.45, 2.75) is 0 Å². The van der Waals surface area contributed by atoms with Crippen LogP contribution in [0.5, 0.6) is 0 Å². The smallest absolute Gasteiger partial charge is 0.0476 e. The molecule has 0 bridgehead atoms. The molecule has 0 saturated carbocycles. The highest BCUT2D eigenvalue weighted by molar-refractivity contribution is 5.82. The Morgan fingerprint density at radius 2 is 1.45 bits per heavy atom. The van der Waals surface area contributed by atoms with Gasteiger partial charge in [-0.1, -0.05) is 54.6 Å². The first-order valence-corrected chi connectivity index (χ1v) is 7.10. The number of rotatable bonds is 3. The van der Waals surface area contributed by atoms with Gasteiger partial charge < -0.3 is 11.1 Å². The van der Waals surface area contributed by atoms with Crippen LogP contribution in [0.15, 0.2) is 78.9 Å². The van der Waals surface area contributed by atoms with E-state index in [-0.39, 0.29) is 0 Å². The van der Waals surface area contributed by atoms with Crippen molar-refractivity contribution < 1.29 is 0 Å². The minimum absolute atomic E-state index is 0.889. The van der Waals surface area contributed by atoms with Crippen LogP contribution in [-0.2, 0) is 0 Å². The van der Waals surface area contributed by atoms with Gasteiger partial charge in [-0.2, -0.15) is 0 Å².